The van der Waals surface area contributed by atoms with Crippen LogP contribution in [0.2, 0.25) is 0 Å². The lowest BCUT2D eigenvalue weighted by Crippen LogP contribution is -2.29. The molecule has 0 spiro atoms. The molecule has 5 aromatic carbocycles. The van der Waals surface area contributed by atoms with Gasteiger partial charge in [-0.2, -0.15) is 37.3 Å². The molecule has 1 aliphatic carbocycles. The number of aliphatic hydroxyl groups is 1. The van der Waals surface area contributed by atoms with Gasteiger partial charge in [-0.25, -0.2) is 0 Å². The highest BCUT2D eigenvalue weighted by molar-refractivity contribution is 7.86. The summed E-state index contributed by atoms with van der Waals surface area (Å²) in [6.45, 7) is 5.27. The molecule has 57 heavy (non-hydrogen) atoms. The fourth-order valence-electron chi connectivity index (χ4n) is 5.86. The molecule has 5 aromatic rings. The van der Waals surface area contributed by atoms with Gasteiger partial charge in [-0.1, -0.05) is 18.2 Å². The number of ether oxygens (including phenoxy) is 1. The summed E-state index contributed by atoms with van der Waals surface area (Å²) in [5.41, 5.74) is 4.70. The molecule has 6 rings (SSSR count). The van der Waals surface area contributed by atoms with E-state index in [9.17, 15) is 35.8 Å². The summed E-state index contributed by atoms with van der Waals surface area (Å²) in [6, 6.07) is 25.5. The Morgan fingerprint density at radius 2 is 1.32 bits per heavy atom. The highest BCUT2D eigenvalue weighted by atomic mass is 32.2. The monoisotopic (exact) mass is 809 g/mol. The lowest BCUT2D eigenvalue weighted by atomic mass is 9.93. The van der Waals surface area contributed by atoms with Crippen LogP contribution in [-0.2, 0) is 26.7 Å². The Morgan fingerprint density at radius 3 is 1.95 bits per heavy atom. The van der Waals surface area contributed by atoms with Gasteiger partial charge >= 0.3 is 0 Å². The molecular formula is C39H35N7O9S2. The van der Waals surface area contributed by atoms with Crippen molar-refractivity contribution in [3.63, 3.8) is 0 Å². The Kier molecular flexibility index (Phi) is 11.5. The van der Waals surface area contributed by atoms with E-state index < -0.39 is 36.1 Å². The number of amides is 1. The molecule has 18 heteroatoms. The van der Waals surface area contributed by atoms with Gasteiger partial charge in [0.1, 0.15) is 33.0 Å². The molecule has 0 radical (unpaired) electrons. The number of aliphatic hydroxyl groups excluding tert-OH is 1. The molecule has 4 N–H and O–H groups in total. The summed E-state index contributed by atoms with van der Waals surface area (Å²) in [6.07, 6.45) is -0.236. The van der Waals surface area contributed by atoms with Gasteiger partial charge in [0.25, 0.3) is 26.1 Å². The first-order chi connectivity index (χ1) is 27.0. The fraction of sp³-hybridized carbons (Fsp3) is 0.154. The van der Waals surface area contributed by atoms with Gasteiger partial charge in [0.15, 0.2) is 0 Å². The third kappa shape index (κ3) is 9.33. The van der Waals surface area contributed by atoms with Gasteiger partial charge in [-0.05, 0) is 122 Å². The summed E-state index contributed by atoms with van der Waals surface area (Å²) in [4.78, 5) is 12.2. The molecule has 1 atom stereocenters. The summed E-state index contributed by atoms with van der Waals surface area (Å²) in [5, 5.41) is 37.6. The Hall–Kier alpha value is -6.47. The Balaban J connectivity index is 1.20. The molecule has 0 bridgehead atoms. The van der Waals surface area contributed by atoms with E-state index in [-0.39, 0.29) is 35.0 Å². The van der Waals surface area contributed by atoms with E-state index in [2.05, 4.69) is 36.0 Å². The molecule has 1 aliphatic rings. The second-order valence-corrected chi connectivity index (χ2v) is 15.9. The van der Waals surface area contributed by atoms with E-state index in [1.165, 1.54) is 31.4 Å². The molecule has 0 heterocycles. The number of rotatable bonds is 11. The van der Waals surface area contributed by atoms with Crippen LogP contribution in [-0.4, -0.2) is 49.3 Å². The predicted molar refractivity (Wildman–Crippen MR) is 212 cm³/mol. The van der Waals surface area contributed by atoms with Crippen LogP contribution in [0.15, 0.2) is 138 Å². The molecule has 0 aliphatic heterocycles. The standard InChI is InChI=1S/C39H35N7O9S2/c1-22-16-28(11-14-31(22)42-43-32-15-12-29(55-4)21-35(32)56(49,50)51)41-44-33-17-24(3)34(18-23(33)2)45-46-37-36(57(52,53)54)20-26-19-27(10-13-30(26)38(37)47)40-39(48)25-8-6-5-7-9-25/h5-19,21,36,47H,20H2,1-4H3,(H,40,48)(H,49,50,51)(H,52,53,54). The number of benzene rings is 5. The van der Waals surface area contributed by atoms with Crippen LogP contribution < -0.4 is 10.1 Å². The van der Waals surface area contributed by atoms with Crippen molar-refractivity contribution in [3.8, 4) is 5.75 Å². The van der Waals surface area contributed by atoms with Crippen LogP contribution in [0, 0.1) is 20.8 Å². The Labute approximate surface area is 327 Å². The van der Waals surface area contributed by atoms with Gasteiger partial charge < -0.3 is 15.2 Å². The van der Waals surface area contributed by atoms with E-state index in [0.717, 1.165) is 6.07 Å². The van der Waals surface area contributed by atoms with Crippen LogP contribution in [0.3, 0.4) is 0 Å². The van der Waals surface area contributed by atoms with E-state index in [4.69, 9.17) is 4.74 Å². The number of carbonyl (C=O) groups excluding carboxylic acids is 1. The second kappa shape index (κ2) is 16.3. The van der Waals surface area contributed by atoms with Crippen molar-refractivity contribution >= 4 is 66.0 Å². The molecule has 1 unspecified atom stereocenters. The number of nitrogens with zero attached hydrogens (tertiary/aromatic N) is 6. The highest BCUT2D eigenvalue weighted by Crippen LogP contribution is 2.38. The van der Waals surface area contributed by atoms with Crippen molar-refractivity contribution in [2.45, 2.75) is 37.3 Å². The molecule has 292 valence electrons. The van der Waals surface area contributed by atoms with Crippen LogP contribution in [0.4, 0.5) is 34.1 Å². The molecule has 16 nitrogen and oxygen atoms in total. The van der Waals surface area contributed by atoms with Crippen LogP contribution in [0.25, 0.3) is 5.76 Å². The Morgan fingerprint density at radius 1 is 0.702 bits per heavy atom. The number of anilines is 1. The summed E-state index contributed by atoms with van der Waals surface area (Å²) < 4.78 is 73.6. The average molecular weight is 810 g/mol. The maximum absolute atomic E-state index is 12.7. The first-order valence-electron chi connectivity index (χ1n) is 17.0. The minimum absolute atomic E-state index is 0.0765. The van der Waals surface area contributed by atoms with Crippen molar-refractivity contribution in [1.29, 1.82) is 0 Å². The molecular weight excluding hydrogens is 775 g/mol. The highest BCUT2D eigenvalue weighted by Gasteiger charge is 2.36. The van der Waals surface area contributed by atoms with Crippen molar-refractivity contribution in [2.75, 3.05) is 12.4 Å². The van der Waals surface area contributed by atoms with Crippen molar-refractivity contribution in [3.05, 3.63) is 136 Å². The summed E-state index contributed by atoms with van der Waals surface area (Å²) in [5.74, 6) is -0.629. The third-order valence-corrected chi connectivity index (χ3v) is 10.9. The van der Waals surface area contributed by atoms with Crippen molar-refractivity contribution < 1.29 is 40.6 Å². The van der Waals surface area contributed by atoms with E-state index >= 15 is 0 Å². The number of fused-ring (bicyclic) bond motifs is 1. The van der Waals surface area contributed by atoms with Gasteiger partial charge in [0, 0.05) is 22.9 Å². The number of aryl methyl sites for hydroxylation is 3. The van der Waals surface area contributed by atoms with Gasteiger partial charge in [0.2, 0.25) is 0 Å². The zero-order valence-corrected chi connectivity index (χ0v) is 32.4. The van der Waals surface area contributed by atoms with Crippen molar-refractivity contribution in [1.82, 2.24) is 0 Å². The van der Waals surface area contributed by atoms with Gasteiger partial charge in [-0.3, -0.25) is 13.9 Å². The number of azo groups is 3. The molecule has 0 saturated carbocycles. The topological polar surface area (TPSA) is 241 Å². The lowest BCUT2D eigenvalue weighted by Gasteiger charge is -2.23. The normalized spacial score (nSPS) is 14.7. The smallest absolute Gasteiger partial charge is 0.296 e. The first kappa shape index (κ1) is 40.2. The lowest BCUT2D eigenvalue weighted by molar-refractivity contribution is 0.102. The third-order valence-electron chi connectivity index (χ3n) is 8.91. The molecule has 0 aromatic heterocycles. The maximum Gasteiger partial charge on any atom is 0.296 e. The zero-order valence-electron chi connectivity index (χ0n) is 30.8. The van der Waals surface area contributed by atoms with Crippen LogP contribution >= 0.6 is 0 Å². The SMILES string of the molecule is COc1ccc(N=Nc2ccc(N=Nc3cc(C)c(N=NC4=C(O)c5ccc(NC(=O)c6ccccc6)cc5CC4S(=O)(=O)O)cc3C)cc2C)c(S(=O)(=O)O)c1. The maximum atomic E-state index is 12.7. The Bertz CT molecular complexity index is 2750. The van der Waals surface area contributed by atoms with E-state index in [1.54, 1.807) is 87.5 Å². The minimum atomic E-state index is -4.76. The predicted octanol–water partition coefficient (Wildman–Crippen LogP) is 9.77. The van der Waals surface area contributed by atoms with Gasteiger partial charge in [-0.15, -0.1) is 10.2 Å². The van der Waals surface area contributed by atoms with Crippen molar-refractivity contribution in [2.24, 2.45) is 30.7 Å². The van der Waals surface area contributed by atoms with Crippen LogP contribution in [0.5, 0.6) is 5.75 Å². The summed E-state index contributed by atoms with van der Waals surface area (Å²) in [7, 11) is -7.99. The number of hydrogen-bond acceptors (Lipinski definition) is 13. The molecule has 0 fully saturated rings. The minimum Gasteiger partial charge on any atom is -0.505 e. The second-order valence-electron chi connectivity index (χ2n) is 12.9. The number of carbonyl (C=O) groups is 1. The summed E-state index contributed by atoms with van der Waals surface area (Å²) >= 11 is 0. The number of methoxy groups -OCH3 is 1. The molecule has 1 amide bonds. The first-order valence-corrected chi connectivity index (χ1v) is 20.0. The molecule has 0 saturated heterocycles. The van der Waals surface area contributed by atoms with E-state index in [0.29, 0.717) is 56.3 Å². The zero-order chi connectivity index (χ0) is 41.1. The van der Waals surface area contributed by atoms with Crippen LogP contribution in [0.1, 0.15) is 38.2 Å². The number of nitrogens with one attached hydrogen (secondary N) is 1. The van der Waals surface area contributed by atoms with E-state index in [1.807, 2.05) is 0 Å². The largest absolute Gasteiger partial charge is 0.505 e. The number of hydrogen-bond donors (Lipinski definition) is 4. The van der Waals surface area contributed by atoms with Gasteiger partial charge in [0.05, 0.1) is 29.9 Å². The average Bonchev–Trinajstić information content (AvgIpc) is 3.17. The quantitative estimate of drug-likeness (QED) is 0.0732. The fourth-order valence-corrected chi connectivity index (χ4v) is 7.33.